The van der Waals surface area contributed by atoms with Gasteiger partial charge in [0.25, 0.3) is 5.91 Å². The first-order valence-electron chi connectivity index (χ1n) is 14.3. The van der Waals surface area contributed by atoms with E-state index in [0.29, 0.717) is 37.8 Å². The first kappa shape index (κ1) is 32.4. The minimum Gasteiger partial charge on any atom is -0.484 e. The smallest absolute Gasteiger partial charge is 0.412 e. The van der Waals surface area contributed by atoms with Gasteiger partial charge in [0.2, 0.25) is 5.88 Å². The molecule has 0 saturated carbocycles. The van der Waals surface area contributed by atoms with E-state index in [1.165, 1.54) is 42.8 Å². The molecule has 3 N–H and O–H groups in total. The van der Waals surface area contributed by atoms with Crippen molar-refractivity contribution in [3.05, 3.63) is 65.9 Å². The second-order valence-electron chi connectivity index (χ2n) is 11.3. The van der Waals surface area contributed by atoms with Crippen molar-refractivity contribution in [3.8, 4) is 22.2 Å². The number of hydrogen-bond donors (Lipinski definition) is 3. The highest BCUT2D eigenvalue weighted by Crippen LogP contribution is 2.37. The lowest BCUT2D eigenvalue weighted by Gasteiger charge is -2.22. The molecule has 0 saturated heterocycles. The quantitative estimate of drug-likeness (QED) is 0.173. The molecule has 0 fully saturated rings. The predicted molar refractivity (Wildman–Crippen MR) is 172 cm³/mol. The normalized spacial score (nSPS) is 12.9. The molecule has 240 valence electrons. The van der Waals surface area contributed by atoms with Gasteiger partial charge >= 0.3 is 6.09 Å². The summed E-state index contributed by atoms with van der Waals surface area (Å²) in [4.78, 5) is 42.4. The standard InChI is InChI=1S/C32H33FN6O6S/c1-16-9-20(28-24(10-16)38-27(43-6)14-35-28)30-39-23-11-21(33)25(12-26(23)46-30)44-17(2)18(3)45-31(41)37-19-7-8-22(34-13-19)29(40)36-15-32(4,5)42/h7-14,17-18,42H,15H2,1-6H3,(H,36,40)(H,37,41)/t17-,18+/m0/s1. The van der Waals surface area contributed by atoms with Crippen LogP contribution in [0.3, 0.4) is 0 Å². The number of nitrogens with zero attached hydrogens (tertiary/aromatic N) is 4. The van der Waals surface area contributed by atoms with Gasteiger partial charge in [0, 0.05) is 24.2 Å². The molecule has 2 atom stereocenters. The molecular formula is C32H33FN6O6S. The number of ether oxygens (including phenoxy) is 3. The highest BCUT2D eigenvalue weighted by Gasteiger charge is 2.22. The Morgan fingerprint density at radius 2 is 1.83 bits per heavy atom. The third-order valence-corrected chi connectivity index (χ3v) is 7.89. The molecule has 2 aromatic carbocycles. The molecule has 0 aliphatic rings. The van der Waals surface area contributed by atoms with E-state index in [4.69, 9.17) is 14.2 Å². The number of aryl methyl sites for hydroxylation is 1. The Kier molecular flexibility index (Phi) is 9.30. The average molecular weight is 649 g/mol. The van der Waals surface area contributed by atoms with E-state index in [9.17, 15) is 14.7 Å². The number of anilines is 1. The molecule has 0 aliphatic carbocycles. The number of pyridine rings is 1. The number of aliphatic hydroxyl groups is 1. The Bertz CT molecular complexity index is 1910. The lowest BCUT2D eigenvalue weighted by atomic mass is 10.1. The Balaban J connectivity index is 1.23. The van der Waals surface area contributed by atoms with E-state index in [1.54, 1.807) is 40.0 Å². The van der Waals surface area contributed by atoms with Gasteiger partial charge in [-0.05, 0) is 64.4 Å². The van der Waals surface area contributed by atoms with Crippen LogP contribution in [0.25, 0.3) is 31.8 Å². The fourth-order valence-electron chi connectivity index (χ4n) is 4.34. The molecule has 3 aromatic heterocycles. The zero-order valence-electron chi connectivity index (χ0n) is 26.0. The summed E-state index contributed by atoms with van der Waals surface area (Å²) in [5.74, 6) is -0.676. The van der Waals surface area contributed by atoms with Crippen molar-refractivity contribution >= 4 is 50.3 Å². The predicted octanol–water partition coefficient (Wildman–Crippen LogP) is 5.66. The maximum absolute atomic E-state index is 15.1. The first-order chi connectivity index (χ1) is 21.8. The highest BCUT2D eigenvalue weighted by molar-refractivity contribution is 7.21. The number of fused-ring (bicyclic) bond motifs is 2. The summed E-state index contributed by atoms with van der Waals surface area (Å²) in [5, 5.41) is 15.5. The first-order valence-corrected chi connectivity index (χ1v) is 15.1. The molecule has 0 radical (unpaired) electrons. The fraction of sp³-hybridized carbons (Fsp3) is 0.312. The summed E-state index contributed by atoms with van der Waals surface area (Å²) in [6.07, 6.45) is 0.595. The summed E-state index contributed by atoms with van der Waals surface area (Å²) >= 11 is 1.37. The maximum atomic E-state index is 15.1. The van der Waals surface area contributed by atoms with Crippen LogP contribution >= 0.6 is 11.3 Å². The number of nitrogens with one attached hydrogen (secondary N) is 2. The second kappa shape index (κ2) is 13.2. The van der Waals surface area contributed by atoms with Gasteiger partial charge < -0.3 is 24.6 Å². The van der Waals surface area contributed by atoms with E-state index in [2.05, 4.69) is 30.6 Å². The Morgan fingerprint density at radius 1 is 1.04 bits per heavy atom. The zero-order chi connectivity index (χ0) is 33.2. The minimum absolute atomic E-state index is 0.00710. The highest BCUT2D eigenvalue weighted by atomic mass is 32.1. The molecule has 0 aliphatic heterocycles. The van der Waals surface area contributed by atoms with Gasteiger partial charge in [-0.1, -0.05) is 0 Å². The van der Waals surface area contributed by atoms with E-state index in [0.717, 1.165) is 11.1 Å². The monoisotopic (exact) mass is 648 g/mol. The van der Waals surface area contributed by atoms with E-state index < -0.39 is 35.6 Å². The molecule has 0 spiro atoms. The molecule has 14 heteroatoms. The van der Waals surface area contributed by atoms with Gasteiger partial charge in [0.15, 0.2) is 11.6 Å². The Hall–Kier alpha value is -4.95. The molecule has 12 nitrogen and oxygen atoms in total. The van der Waals surface area contributed by atoms with Crippen molar-refractivity contribution < 1.29 is 33.3 Å². The lowest BCUT2D eigenvalue weighted by molar-refractivity contribution is 0.0402. The van der Waals surface area contributed by atoms with Gasteiger partial charge in [-0.25, -0.2) is 29.1 Å². The molecule has 0 bridgehead atoms. The number of rotatable bonds is 10. The summed E-state index contributed by atoms with van der Waals surface area (Å²) in [6.45, 7) is 8.43. The molecule has 2 amide bonds. The summed E-state index contributed by atoms with van der Waals surface area (Å²) in [7, 11) is 1.53. The number of benzene rings is 2. The SMILES string of the molecule is COc1cnc2c(-c3nc4cc(F)c(O[C@@H](C)[C@@H](C)OC(=O)Nc5ccc(C(=O)NCC(C)(C)O)nc5)cc4s3)cc(C)cc2n1. The Labute approximate surface area is 268 Å². The van der Waals surface area contributed by atoms with Crippen LogP contribution in [0.5, 0.6) is 11.6 Å². The minimum atomic E-state index is -1.06. The third kappa shape index (κ3) is 7.64. The largest absolute Gasteiger partial charge is 0.484 e. The van der Waals surface area contributed by atoms with E-state index in [1.807, 2.05) is 19.1 Å². The summed E-state index contributed by atoms with van der Waals surface area (Å²) in [6, 6.07) is 9.68. The number of aromatic nitrogens is 4. The van der Waals surface area contributed by atoms with Crippen molar-refractivity contribution in [2.75, 3.05) is 19.0 Å². The van der Waals surface area contributed by atoms with Crippen LogP contribution < -0.4 is 20.1 Å². The zero-order valence-corrected chi connectivity index (χ0v) is 26.9. The van der Waals surface area contributed by atoms with Crippen LogP contribution in [0, 0.1) is 12.7 Å². The fourth-order valence-corrected chi connectivity index (χ4v) is 5.33. The van der Waals surface area contributed by atoms with Crippen LogP contribution in [0.2, 0.25) is 0 Å². The van der Waals surface area contributed by atoms with Crippen LogP contribution in [0.15, 0.2) is 48.8 Å². The van der Waals surface area contributed by atoms with Gasteiger partial charge in [-0.3, -0.25) is 10.1 Å². The number of halogens is 1. The number of carbonyl (C=O) groups is 2. The molecule has 0 unspecified atom stereocenters. The van der Waals surface area contributed by atoms with Crippen molar-refractivity contribution in [3.63, 3.8) is 0 Å². The van der Waals surface area contributed by atoms with Gasteiger partial charge in [-0.15, -0.1) is 11.3 Å². The third-order valence-electron chi connectivity index (χ3n) is 6.84. The number of amides is 2. The molecule has 5 rings (SSSR count). The number of methoxy groups -OCH3 is 1. The number of thiazole rings is 1. The van der Waals surface area contributed by atoms with Crippen LogP contribution in [-0.2, 0) is 4.74 Å². The van der Waals surface area contributed by atoms with Crippen LogP contribution in [-0.4, -0.2) is 68.5 Å². The summed E-state index contributed by atoms with van der Waals surface area (Å²) in [5.41, 5.74) is 2.87. The molecular weight excluding hydrogens is 615 g/mol. The maximum Gasteiger partial charge on any atom is 0.412 e. The van der Waals surface area contributed by atoms with Crippen LogP contribution in [0.4, 0.5) is 14.9 Å². The van der Waals surface area contributed by atoms with Gasteiger partial charge in [0.1, 0.15) is 22.9 Å². The van der Waals surface area contributed by atoms with Crippen molar-refractivity contribution in [1.29, 1.82) is 0 Å². The Morgan fingerprint density at radius 3 is 2.52 bits per heavy atom. The van der Waals surface area contributed by atoms with Gasteiger partial charge in [0.05, 0.1) is 52.0 Å². The molecule has 3 heterocycles. The van der Waals surface area contributed by atoms with E-state index >= 15 is 4.39 Å². The van der Waals surface area contributed by atoms with Gasteiger partial charge in [-0.2, -0.15) is 0 Å². The second-order valence-corrected chi connectivity index (χ2v) is 12.4. The van der Waals surface area contributed by atoms with Crippen molar-refractivity contribution in [2.45, 2.75) is 52.4 Å². The lowest BCUT2D eigenvalue weighted by Crippen LogP contribution is -2.38. The topological polar surface area (TPSA) is 158 Å². The van der Waals surface area contributed by atoms with Crippen molar-refractivity contribution in [1.82, 2.24) is 25.3 Å². The molecule has 5 aromatic rings. The molecule has 46 heavy (non-hydrogen) atoms. The van der Waals surface area contributed by atoms with Crippen LogP contribution in [0.1, 0.15) is 43.7 Å². The average Bonchev–Trinajstić information content (AvgIpc) is 3.41. The van der Waals surface area contributed by atoms with E-state index in [-0.39, 0.29) is 18.0 Å². The van der Waals surface area contributed by atoms with Crippen molar-refractivity contribution in [2.24, 2.45) is 0 Å². The number of hydrogen-bond acceptors (Lipinski definition) is 11. The number of carbonyl (C=O) groups excluding carboxylic acids is 2. The summed E-state index contributed by atoms with van der Waals surface area (Å²) < 4.78 is 32.4.